The normalized spacial score (nSPS) is 12.6. The predicted octanol–water partition coefficient (Wildman–Crippen LogP) is 4.11. The van der Waals surface area contributed by atoms with Crippen LogP contribution in [0.25, 0.3) is 0 Å². The number of hydrogen-bond acceptors (Lipinski definition) is 6. The van der Waals surface area contributed by atoms with Gasteiger partial charge >= 0.3 is 6.03 Å². The van der Waals surface area contributed by atoms with Gasteiger partial charge in [0.25, 0.3) is 10.0 Å². The monoisotopic (exact) mass is 483 g/mol. The minimum atomic E-state index is -3.70. The third-order valence-corrected chi connectivity index (χ3v) is 7.28. The number of ether oxygens (including phenoxy) is 3. The molecule has 9 nitrogen and oxygen atoms in total. The van der Waals surface area contributed by atoms with Gasteiger partial charge in [-0.15, -0.1) is 0 Å². The van der Waals surface area contributed by atoms with Gasteiger partial charge in [0, 0.05) is 24.4 Å². The molecule has 1 heterocycles. The molecule has 1 aliphatic rings. The second-order valence-corrected chi connectivity index (χ2v) is 9.34. The number of nitrogens with one attached hydrogen (secondary N) is 2. The number of benzene rings is 3. The molecule has 0 fully saturated rings. The summed E-state index contributed by atoms with van der Waals surface area (Å²) in [6, 6.07) is 16.2. The molecular weight excluding hydrogens is 458 g/mol. The van der Waals surface area contributed by atoms with E-state index in [1.54, 1.807) is 54.6 Å². The molecule has 34 heavy (non-hydrogen) atoms. The molecule has 0 spiro atoms. The van der Waals surface area contributed by atoms with Crippen LogP contribution >= 0.6 is 0 Å². The largest absolute Gasteiger partial charge is 0.493 e. The minimum Gasteiger partial charge on any atom is -0.493 e. The van der Waals surface area contributed by atoms with Crippen LogP contribution in [0.15, 0.2) is 65.6 Å². The molecule has 178 valence electrons. The molecule has 2 N–H and O–H groups in total. The van der Waals surface area contributed by atoms with Crippen LogP contribution in [-0.4, -0.2) is 42.3 Å². The zero-order valence-electron chi connectivity index (χ0n) is 19.0. The average Bonchev–Trinajstić information content (AvgIpc) is 3.28. The van der Waals surface area contributed by atoms with Gasteiger partial charge in [-0.05, 0) is 36.2 Å². The third-order valence-electron chi connectivity index (χ3n) is 5.45. The number of urea groups is 1. The zero-order valence-corrected chi connectivity index (χ0v) is 19.8. The molecule has 4 rings (SSSR count). The maximum atomic E-state index is 13.1. The molecule has 0 unspecified atom stereocenters. The standard InChI is InChI=1S/C24H25N3O6S/c1-31-21-14-18(15-22(32-2)23(21)33-3)26-24(28)25-17-10-9-16-11-12-27(20(16)13-17)34(29,30)19-7-5-4-6-8-19/h4-10,13-15H,11-12H2,1-3H3,(H2,25,26,28). The van der Waals surface area contributed by atoms with Crippen molar-refractivity contribution < 1.29 is 27.4 Å². The highest BCUT2D eigenvalue weighted by Gasteiger charge is 2.31. The van der Waals surface area contributed by atoms with Gasteiger partial charge in [-0.2, -0.15) is 0 Å². The number of methoxy groups -OCH3 is 3. The van der Waals surface area contributed by atoms with Crippen molar-refractivity contribution in [2.45, 2.75) is 11.3 Å². The maximum absolute atomic E-state index is 13.1. The van der Waals surface area contributed by atoms with Crippen molar-refractivity contribution in [3.05, 3.63) is 66.2 Å². The van der Waals surface area contributed by atoms with Crippen LogP contribution in [0.1, 0.15) is 5.56 Å². The first-order chi connectivity index (χ1) is 16.4. The van der Waals surface area contributed by atoms with Gasteiger partial charge in [0.05, 0.1) is 37.6 Å². The van der Waals surface area contributed by atoms with Crippen molar-refractivity contribution in [1.29, 1.82) is 0 Å². The Kier molecular flexibility index (Phi) is 6.51. The Bertz CT molecular complexity index is 1290. The van der Waals surface area contributed by atoms with E-state index in [0.29, 0.717) is 47.3 Å². The smallest absolute Gasteiger partial charge is 0.323 e. The van der Waals surface area contributed by atoms with E-state index in [0.717, 1.165) is 5.56 Å². The highest BCUT2D eigenvalue weighted by Crippen LogP contribution is 2.40. The fraction of sp³-hybridized carbons (Fsp3) is 0.208. The van der Waals surface area contributed by atoms with E-state index < -0.39 is 16.1 Å². The summed E-state index contributed by atoms with van der Waals surface area (Å²) in [5.74, 6) is 1.21. The molecule has 0 radical (unpaired) electrons. The van der Waals surface area contributed by atoms with Gasteiger partial charge in [0.15, 0.2) is 11.5 Å². The average molecular weight is 484 g/mol. The first-order valence-electron chi connectivity index (χ1n) is 10.5. The Morgan fingerprint density at radius 3 is 2.12 bits per heavy atom. The first-order valence-corrected chi connectivity index (χ1v) is 11.9. The summed E-state index contributed by atoms with van der Waals surface area (Å²) in [5.41, 5.74) is 2.34. The molecule has 1 aliphatic heterocycles. The predicted molar refractivity (Wildman–Crippen MR) is 130 cm³/mol. The molecular formula is C24H25N3O6S. The summed E-state index contributed by atoms with van der Waals surface area (Å²) >= 11 is 0. The fourth-order valence-corrected chi connectivity index (χ4v) is 5.36. The maximum Gasteiger partial charge on any atom is 0.323 e. The highest BCUT2D eigenvalue weighted by atomic mass is 32.2. The lowest BCUT2D eigenvalue weighted by atomic mass is 10.1. The first kappa shape index (κ1) is 23.2. The van der Waals surface area contributed by atoms with Gasteiger partial charge in [-0.25, -0.2) is 13.2 Å². The van der Waals surface area contributed by atoms with E-state index in [1.807, 2.05) is 6.07 Å². The van der Waals surface area contributed by atoms with Gasteiger partial charge in [0.2, 0.25) is 5.75 Å². The molecule has 0 bridgehead atoms. The van der Waals surface area contributed by atoms with Gasteiger partial charge in [0.1, 0.15) is 0 Å². The molecule has 0 saturated heterocycles. The van der Waals surface area contributed by atoms with Crippen LogP contribution in [0.5, 0.6) is 17.2 Å². The lowest BCUT2D eigenvalue weighted by Gasteiger charge is -2.20. The van der Waals surface area contributed by atoms with Crippen molar-refractivity contribution in [2.24, 2.45) is 0 Å². The second-order valence-electron chi connectivity index (χ2n) is 7.48. The van der Waals surface area contributed by atoms with E-state index in [2.05, 4.69) is 10.6 Å². The third kappa shape index (κ3) is 4.44. The van der Waals surface area contributed by atoms with Crippen molar-refractivity contribution in [1.82, 2.24) is 0 Å². The molecule has 3 aromatic rings. The molecule has 0 saturated carbocycles. The Labute approximate surface area is 198 Å². The molecule has 0 aromatic heterocycles. The summed E-state index contributed by atoms with van der Waals surface area (Å²) in [6.45, 7) is 0.341. The quantitative estimate of drug-likeness (QED) is 0.524. The van der Waals surface area contributed by atoms with Crippen molar-refractivity contribution in [2.75, 3.05) is 42.8 Å². The number of carbonyl (C=O) groups is 1. The number of rotatable bonds is 7. The number of nitrogens with zero attached hydrogens (tertiary/aromatic N) is 1. The number of fused-ring (bicyclic) bond motifs is 1. The number of amides is 2. The van der Waals surface area contributed by atoms with Crippen molar-refractivity contribution in [3.8, 4) is 17.2 Å². The summed E-state index contributed by atoms with van der Waals surface area (Å²) in [6.07, 6.45) is 0.597. The molecule has 0 atom stereocenters. The van der Waals surface area contributed by atoms with Crippen molar-refractivity contribution in [3.63, 3.8) is 0 Å². The van der Waals surface area contributed by atoms with E-state index in [4.69, 9.17) is 14.2 Å². The summed E-state index contributed by atoms with van der Waals surface area (Å²) < 4.78 is 43.6. The van der Waals surface area contributed by atoms with E-state index >= 15 is 0 Å². The van der Waals surface area contributed by atoms with Crippen molar-refractivity contribution >= 4 is 33.1 Å². The number of sulfonamides is 1. The Morgan fingerprint density at radius 2 is 1.50 bits per heavy atom. The van der Waals surface area contributed by atoms with Crippen LogP contribution in [0.4, 0.5) is 21.9 Å². The van der Waals surface area contributed by atoms with E-state index in [-0.39, 0.29) is 4.90 Å². The van der Waals surface area contributed by atoms with E-state index in [9.17, 15) is 13.2 Å². The Balaban J connectivity index is 1.54. The lowest BCUT2D eigenvalue weighted by molar-refractivity contribution is 0.262. The summed E-state index contributed by atoms with van der Waals surface area (Å²) in [4.78, 5) is 12.9. The minimum absolute atomic E-state index is 0.223. The molecule has 10 heteroatoms. The van der Waals surface area contributed by atoms with Crippen LogP contribution in [0.2, 0.25) is 0 Å². The fourth-order valence-electron chi connectivity index (χ4n) is 3.84. The van der Waals surface area contributed by atoms with Crippen LogP contribution in [0.3, 0.4) is 0 Å². The Hall–Kier alpha value is -3.92. The van der Waals surface area contributed by atoms with Gasteiger partial charge in [-0.3, -0.25) is 4.31 Å². The zero-order chi connectivity index (χ0) is 24.3. The van der Waals surface area contributed by atoms with Crippen LogP contribution in [0, 0.1) is 0 Å². The molecule has 0 aliphatic carbocycles. The topological polar surface area (TPSA) is 106 Å². The second kappa shape index (κ2) is 9.52. The number of hydrogen-bond donors (Lipinski definition) is 2. The summed E-state index contributed by atoms with van der Waals surface area (Å²) in [7, 11) is 0.767. The summed E-state index contributed by atoms with van der Waals surface area (Å²) in [5, 5.41) is 5.48. The number of anilines is 3. The van der Waals surface area contributed by atoms with Gasteiger partial charge in [-0.1, -0.05) is 24.3 Å². The highest BCUT2D eigenvalue weighted by molar-refractivity contribution is 7.92. The molecule has 3 aromatic carbocycles. The number of carbonyl (C=O) groups excluding carboxylic acids is 1. The molecule has 2 amide bonds. The van der Waals surface area contributed by atoms with Crippen LogP contribution in [-0.2, 0) is 16.4 Å². The van der Waals surface area contributed by atoms with Gasteiger partial charge < -0.3 is 24.8 Å². The van der Waals surface area contributed by atoms with E-state index in [1.165, 1.54) is 25.6 Å². The SMILES string of the molecule is COc1cc(NC(=O)Nc2ccc3c(c2)N(S(=O)(=O)c2ccccc2)CC3)cc(OC)c1OC. The lowest BCUT2D eigenvalue weighted by Crippen LogP contribution is -2.29. The van der Waals surface area contributed by atoms with Crippen LogP contribution < -0.4 is 29.1 Å². The Morgan fingerprint density at radius 1 is 0.853 bits per heavy atom.